The molecule has 0 aliphatic carbocycles. The first kappa shape index (κ1) is 10.4. The highest BCUT2D eigenvalue weighted by Gasteiger charge is 1.81. The van der Waals surface area contributed by atoms with Crippen LogP contribution in [0, 0.1) is 0 Å². The Hall–Kier alpha value is -1.55. The van der Waals surface area contributed by atoms with Gasteiger partial charge in [-0.3, -0.25) is 0 Å². The zero-order valence-corrected chi connectivity index (χ0v) is 6.47. The molecule has 0 bridgehead atoms. The summed E-state index contributed by atoms with van der Waals surface area (Å²) in [4.78, 5) is 8.78. The number of aliphatic hydroxyl groups is 1. The van der Waals surface area contributed by atoms with Crippen LogP contribution in [0.5, 0.6) is 0 Å². The molecule has 0 aliphatic rings. The molecule has 4 N–H and O–H groups in total. The van der Waals surface area contributed by atoms with Gasteiger partial charge in [-0.15, -0.1) is 0 Å². The number of hydrogen-bond acceptors (Lipinski definition) is 2. The summed E-state index contributed by atoms with van der Waals surface area (Å²) in [6, 6.07) is 9.52. The fourth-order valence-corrected chi connectivity index (χ4v) is 0.583. The second-order valence-electron chi connectivity index (χ2n) is 1.98. The van der Waals surface area contributed by atoms with Crippen LogP contribution in [0.3, 0.4) is 0 Å². The topological polar surface area (TPSA) is 83.6 Å². The lowest BCUT2D eigenvalue weighted by Crippen LogP contribution is -2.03. The highest BCUT2D eigenvalue weighted by atomic mass is 16.4. The van der Waals surface area contributed by atoms with Gasteiger partial charge < -0.3 is 15.9 Å². The predicted molar refractivity (Wildman–Crippen MR) is 44.6 cm³/mol. The standard InChI is InChI=1S/C7H8O.CH3NO2/c8-6-7-4-2-1-3-5-7;2-1(3)4/h1-5,8H,6H2;2H2,(H,3,4). The van der Waals surface area contributed by atoms with E-state index in [9.17, 15) is 0 Å². The van der Waals surface area contributed by atoms with Crippen LogP contribution < -0.4 is 5.73 Å². The molecular formula is C8H11NO3. The molecule has 0 atom stereocenters. The Bertz CT molecular complexity index is 219. The zero-order valence-electron chi connectivity index (χ0n) is 6.47. The molecular weight excluding hydrogens is 158 g/mol. The van der Waals surface area contributed by atoms with Crippen molar-refractivity contribution in [3.05, 3.63) is 35.9 Å². The highest BCUT2D eigenvalue weighted by molar-refractivity contribution is 5.61. The number of benzene rings is 1. The number of carbonyl (C=O) groups is 1. The van der Waals surface area contributed by atoms with Crippen LogP contribution in [0.25, 0.3) is 0 Å². The van der Waals surface area contributed by atoms with Gasteiger partial charge >= 0.3 is 6.09 Å². The molecule has 4 heteroatoms. The Morgan fingerprint density at radius 1 is 1.33 bits per heavy atom. The van der Waals surface area contributed by atoms with E-state index >= 15 is 0 Å². The molecule has 0 heterocycles. The Morgan fingerprint density at radius 3 is 2.00 bits per heavy atom. The molecule has 12 heavy (non-hydrogen) atoms. The van der Waals surface area contributed by atoms with Gasteiger partial charge in [-0.05, 0) is 5.56 Å². The lowest BCUT2D eigenvalue weighted by Gasteiger charge is -1.89. The maximum absolute atomic E-state index is 8.78. The first-order chi connectivity index (χ1) is 5.66. The fourth-order valence-electron chi connectivity index (χ4n) is 0.583. The second kappa shape index (κ2) is 6.18. The van der Waals surface area contributed by atoms with Crippen molar-refractivity contribution >= 4 is 6.09 Å². The van der Waals surface area contributed by atoms with Crippen LogP contribution >= 0.6 is 0 Å². The Balaban J connectivity index is 0.000000261. The molecule has 4 nitrogen and oxygen atoms in total. The average Bonchev–Trinajstić information content (AvgIpc) is 2.05. The molecule has 1 aromatic rings. The smallest absolute Gasteiger partial charge is 0.402 e. The zero-order chi connectivity index (χ0) is 9.40. The van der Waals surface area contributed by atoms with Crippen molar-refractivity contribution in [3.8, 4) is 0 Å². The number of primary amides is 1. The van der Waals surface area contributed by atoms with Crippen LogP contribution in [0.15, 0.2) is 30.3 Å². The largest absolute Gasteiger partial charge is 0.465 e. The van der Waals surface area contributed by atoms with Crippen LogP contribution in [0.4, 0.5) is 4.79 Å². The summed E-state index contributed by atoms with van der Waals surface area (Å²) >= 11 is 0. The summed E-state index contributed by atoms with van der Waals surface area (Å²) in [7, 11) is 0. The first-order valence-electron chi connectivity index (χ1n) is 3.30. The highest BCUT2D eigenvalue weighted by Crippen LogP contribution is 1.95. The van der Waals surface area contributed by atoms with Gasteiger partial charge in [-0.25, -0.2) is 4.79 Å². The van der Waals surface area contributed by atoms with Crippen molar-refractivity contribution in [3.63, 3.8) is 0 Å². The normalized spacial score (nSPS) is 8.08. The molecule has 1 aromatic carbocycles. The predicted octanol–water partition coefficient (Wildman–Crippen LogP) is 0.802. The lowest BCUT2D eigenvalue weighted by molar-refractivity contribution is 0.205. The SMILES string of the molecule is NC(=O)O.OCc1ccccc1. The monoisotopic (exact) mass is 169 g/mol. The summed E-state index contributed by atoms with van der Waals surface area (Å²) in [5.41, 5.74) is 4.99. The van der Waals surface area contributed by atoms with E-state index in [0.29, 0.717) is 0 Å². The van der Waals surface area contributed by atoms with Gasteiger partial charge in [-0.1, -0.05) is 30.3 Å². The minimum atomic E-state index is -1.33. The number of aliphatic hydroxyl groups excluding tert-OH is 1. The van der Waals surface area contributed by atoms with Crippen LogP contribution in [0.1, 0.15) is 5.56 Å². The van der Waals surface area contributed by atoms with Crippen LogP contribution in [0.2, 0.25) is 0 Å². The summed E-state index contributed by atoms with van der Waals surface area (Å²) in [5.74, 6) is 0. The summed E-state index contributed by atoms with van der Waals surface area (Å²) in [6.07, 6.45) is -1.33. The maximum Gasteiger partial charge on any atom is 0.402 e. The fraction of sp³-hybridized carbons (Fsp3) is 0.125. The van der Waals surface area contributed by atoms with Crippen molar-refractivity contribution in [1.29, 1.82) is 0 Å². The van der Waals surface area contributed by atoms with Gasteiger partial charge in [0.2, 0.25) is 0 Å². The molecule has 0 aliphatic heterocycles. The van der Waals surface area contributed by atoms with Crippen molar-refractivity contribution in [1.82, 2.24) is 0 Å². The molecule has 0 fully saturated rings. The van der Waals surface area contributed by atoms with Crippen molar-refractivity contribution in [2.45, 2.75) is 6.61 Å². The van der Waals surface area contributed by atoms with Gasteiger partial charge in [-0.2, -0.15) is 0 Å². The van der Waals surface area contributed by atoms with Gasteiger partial charge in [0.05, 0.1) is 6.61 Å². The molecule has 0 aromatic heterocycles. The lowest BCUT2D eigenvalue weighted by atomic mass is 10.2. The molecule has 66 valence electrons. The quantitative estimate of drug-likeness (QED) is 0.581. The second-order valence-corrected chi connectivity index (χ2v) is 1.98. The first-order valence-corrected chi connectivity index (χ1v) is 3.30. The summed E-state index contributed by atoms with van der Waals surface area (Å²) in [6.45, 7) is 0.140. The minimum Gasteiger partial charge on any atom is -0.465 e. The van der Waals surface area contributed by atoms with E-state index in [4.69, 9.17) is 15.0 Å². The molecule has 1 amide bonds. The molecule has 0 spiro atoms. The molecule has 0 saturated carbocycles. The average molecular weight is 169 g/mol. The van der Waals surface area contributed by atoms with Gasteiger partial charge in [0.1, 0.15) is 0 Å². The van der Waals surface area contributed by atoms with E-state index in [1.807, 2.05) is 30.3 Å². The van der Waals surface area contributed by atoms with Gasteiger partial charge in [0.15, 0.2) is 0 Å². The number of carboxylic acid groups (broad SMARTS) is 1. The molecule has 0 unspecified atom stereocenters. The molecule has 0 radical (unpaired) electrons. The van der Waals surface area contributed by atoms with Crippen molar-refractivity contribution < 1.29 is 15.0 Å². The maximum atomic E-state index is 8.78. The molecule has 0 saturated heterocycles. The van der Waals surface area contributed by atoms with E-state index in [1.165, 1.54) is 0 Å². The number of nitrogens with two attached hydrogens (primary N) is 1. The number of amides is 1. The number of rotatable bonds is 1. The van der Waals surface area contributed by atoms with Crippen LogP contribution in [-0.4, -0.2) is 16.3 Å². The Labute approximate surface area is 70.3 Å². The summed E-state index contributed by atoms with van der Waals surface area (Å²) < 4.78 is 0. The Kier molecular flexibility index (Phi) is 5.38. The van der Waals surface area contributed by atoms with E-state index in [0.717, 1.165) is 5.56 Å². The Morgan fingerprint density at radius 2 is 1.75 bits per heavy atom. The van der Waals surface area contributed by atoms with Gasteiger partial charge in [0, 0.05) is 0 Å². The van der Waals surface area contributed by atoms with Gasteiger partial charge in [0.25, 0.3) is 0 Å². The van der Waals surface area contributed by atoms with E-state index in [1.54, 1.807) is 0 Å². The van der Waals surface area contributed by atoms with Crippen molar-refractivity contribution in [2.75, 3.05) is 0 Å². The summed E-state index contributed by atoms with van der Waals surface area (Å²) in [5, 5.41) is 15.7. The molecule has 1 rings (SSSR count). The van der Waals surface area contributed by atoms with E-state index < -0.39 is 6.09 Å². The van der Waals surface area contributed by atoms with Crippen LogP contribution in [-0.2, 0) is 6.61 Å². The third-order valence-electron chi connectivity index (χ3n) is 1.03. The van der Waals surface area contributed by atoms with E-state index in [2.05, 4.69) is 5.73 Å². The van der Waals surface area contributed by atoms with Crippen molar-refractivity contribution in [2.24, 2.45) is 5.73 Å². The van der Waals surface area contributed by atoms with E-state index in [-0.39, 0.29) is 6.61 Å². The minimum absolute atomic E-state index is 0.140. The third-order valence-corrected chi connectivity index (χ3v) is 1.03. The number of hydrogen-bond donors (Lipinski definition) is 3. The third kappa shape index (κ3) is 6.57.